The topological polar surface area (TPSA) is 12.0 Å². The highest BCUT2D eigenvalue weighted by Gasteiger charge is 2.22. The van der Waals surface area contributed by atoms with Crippen molar-refractivity contribution in [1.82, 2.24) is 4.98 Å². The number of nitrogens with one attached hydrogen (secondary N) is 1. The van der Waals surface area contributed by atoms with Gasteiger partial charge in [0.25, 0.3) is 0 Å². The van der Waals surface area contributed by atoms with Gasteiger partial charge < -0.3 is 4.98 Å². The zero-order valence-electron chi connectivity index (χ0n) is 8.80. The smallest absolute Gasteiger partial charge is 0.126 e. The van der Waals surface area contributed by atoms with Crippen LogP contribution in [0.1, 0.15) is 12.5 Å². The van der Waals surface area contributed by atoms with Crippen LogP contribution in [0.2, 0.25) is 12.6 Å². The van der Waals surface area contributed by atoms with Crippen molar-refractivity contribution in [3.05, 3.63) is 35.9 Å². The van der Waals surface area contributed by atoms with Crippen molar-refractivity contribution in [2.75, 3.05) is 7.05 Å². The van der Waals surface area contributed by atoms with Crippen molar-refractivity contribution >= 4 is 8.24 Å². The summed E-state index contributed by atoms with van der Waals surface area (Å²) >= 11 is 0. The van der Waals surface area contributed by atoms with Crippen molar-refractivity contribution in [1.29, 1.82) is 0 Å². The monoisotopic (exact) mass is 193 g/mol. The third-order valence-corrected chi connectivity index (χ3v) is 6.78. The van der Waals surface area contributed by atoms with E-state index in [2.05, 4.69) is 55.8 Å². The number of benzene rings is 1. The maximum atomic E-state index is 3.52. The zero-order valence-corrected chi connectivity index (χ0v) is 9.80. The summed E-state index contributed by atoms with van der Waals surface area (Å²) in [7, 11) is 0.908. The average Bonchev–Trinajstić information content (AvgIpc) is 2.19. The summed E-state index contributed by atoms with van der Waals surface area (Å²) < 4.78 is 0. The maximum Gasteiger partial charge on any atom is 0.126 e. The third-order valence-electron chi connectivity index (χ3n) is 2.82. The van der Waals surface area contributed by atoms with Crippen LogP contribution in [-0.4, -0.2) is 15.3 Å². The molecule has 0 spiro atoms. The second kappa shape index (κ2) is 4.58. The third kappa shape index (κ3) is 2.97. The van der Waals surface area contributed by atoms with Gasteiger partial charge in [0.05, 0.1) is 0 Å². The second-order valence-electron chi connectivity index (χ2n) is 3.83. The van der Waals surface area contributed by atoms with Crippen LogP contribution in [0.15, 0.2) is 30.3 Å². The Labute approximate surface area is 82.3 Å². The normalized spacial score (nSPS) is 15.3. The molecule has 1 aromatic rings. The minimum Gasteiger partial charge on any atom is -0.340 e. The summed E-state index contributed by atoms with van der Waals surface area (Å²) in [5.74, 6) is 0. The Morgan fingerprint density at radius 2 is 1.85 bits per heavy atom. The highest BCUT2D eigenvalue weighted by Crippen LogP contribution is 2.12. The Morgan fingerprint density at radius 1 is 1.23 bits per heavy atom. The number of rotatable bonds is 4. The number of hydrogen-bond donors (Lipinski definition) is 1. The van der Waals surface area contributed by atoms with Crippen molar-refractivity contribution in [3.63, 3.8) is 0 Å². The molecule has 0 bridgehead atoms. The molecule has 0 fully saturated rings. The van der Waals surface area contributed by atoms with Gasteiger partial charge in [-0.1, -0.05) is 43.8 Å². The van der Waals surface area contributed by atoms with Crippen molar-refractivity contribution in [2.24, 2.45) is 0 Å². The maximum absolute atomic E-state index is 3.52. The molecule has 13 heavy (non-hydrogen) atoms. The lowest BCUT2D eigenvalue weighted by atomic mass is 10.2. The van der Waals surface area contributed by atoms with E-state index in [1.165, 1.54) is 17.7 Å². The molecule has 72 valence electrons. The van der Waals surface area contributed by atoms with E-state index in [4.69, 9.17) is 0 Å². The van der Waals surface area contributed by atoms with Crippen LogP contribution in [0.3, 0.4) is 0 Å². The average molecular weight is 193 g/mol. The summed E-state index contributed by atoms with van der Waals surface area (Å²) in [6, 6.07) is 13.3. The molecule has 1 atom stereocenters. The van der Waals surface area contributed by atoms with Crippen molar-refractivity contribution in [2.45, 2.75) is 25.6 Å². The summed E-state index contributed by atoms with van der Waals surface area (Å²) in [5.41, 5.74) is 1.47. The molecule has 0 aliphatic carbocycles. The Kier molecular flexibility index (Phi) is 3.69. The SMILES string of the molecule is CC[Si](C)(Cc1ccccc1)NC. The molecule has 0 radical (unpaired) electrons. The van der Waals surface area contributed by atoms with Crippen molar-refractivity contribution < 1.29 is 0 Å². The Balaban J connectivity index is 2.68. The van der Waals surface area contributed by atoms with E-state index in [1.54, 1.807) is 0 Å². The molecule has 0 heterocycles. The van der Waals surface area contributed by atoms with Crippen LogP contribution in [0.25, 0.3) is 0 Å². The molecule has 1 rings (SSSR count). The second-order valence-corrected chi connectivity index (χ2v) is 8.51. The summed E-state index contributed by atoms with van der Waals surface area (Å²) in [6.07, 6.45) is 0. The lowest BCUT2D eigenvalue weighted by Gasteiger charge is -2.24. The predicted molar refractivity (Wildman–Crippen MR) is 61.3 cm³/mol. The molecule has 0 saturated heterocycles. The van der Waals surface area contributed by atoms with Crippen LogP contribution in [-0.2, 0) is 6.04 Å². The van der Waals surface area contributed by atoms with Gasteiger partial charge in [-0.15, -0.1) is 0 Å². The van der Waals surface area contributed by atoms with Crippen LogP contribution in [0.5, 0.6) is 0 Å². The van der Waals surface area contributed by atoms with Gasteiger partial charge in [-0.25, -0.2) is 0 Å². The fourth-order valence-electron chi connectivity index (χ4n) is 1.44. The first-order chi connectivity index (χ1) is 6.20. The van der Waals surface area contributed by atoms with E-state index in [1.807, 2.05) is 0 Å². The lowest BCUT2D eigenvalue weighted by Crippen LogP contribution is -2.47. The summed E-state index contributed by atoms with van der Waals surface area (Å²) in [6.45, 7) is 4.69. The quantitative estimate of drug-likeness (QED) is 0.725. The van der Waals surface area contributed by atoms with Gasteiger partial charge in [0.2, 0.25) is 0 Å². The molecule has 0 amide bonds. The van der Waals surface area contributed by atoms with Gasteiger partial charge in [0.1, 0.15) is 8.24 Å². The van der Waals surface area contributed by atoms with E-state index in [9.17, 15) is 0 Å². The molecule has 1 N–H and O–H groups in total. The van der Waals surface area contributed by atoms with E-state index >= 15 is 0 Å². The minimum absolute atomic E-state index is 1.19. The number of hydrogen-bond acceptors (Lipinski definition) is 1. The van der Waals surface area contributed by atoms with E-state index < -0.39 is 8.24 Å². The van der Waals surface area contributed by atoms with Crippen LogP contribution in [0.4, 0.5) is 0 Å². The van der Waals surface area contributed by atoms with E-state index in [-0.39, 0.29) is 0 Å². The first-order valence-electron chi connectivity index (χ1n) is 4.93. The molecule has 0 aliphatic rings. The Morgan fingerprint density at radius 3 is 2.31 bits per heavy atom. The largest absolute Gasteiger partial charge is 0.340 e. The van der Waals surface area contributed by atoms with Crippen LogP contribution in [0, 0.1) is 0 Å². The summed E-state index contributed by atoms with van der Waals surface area (Å²) in [4.78, 5) is 3.52. The minimum atomic E-state index is -1.19. The molecular formula is C11H19NSi. The molecular weight excluding hydrogens is 174 g/mol. The fraction of sp³-hybridized carbons (Fsp3) is 0.455. The van der Waals surface area contributed by atoms with Crippen molar-refractivity contribution in [3.8, 4) is 0 Å². The molecule has 1 unspecified atom stereocenters. The molecule has 0 aromatic heterocycles. The van der Waals surface area contributed by atoms with Gasteiger partial charge in [-0.05, 0) is 24.7 Å². The lowest BCUT2D eigenvalue weighted by molar-refractivity contribution is 1.05. The first-order valence-corrected chi connectivity index (χ1v) is 7.84. The van der Waals surface area contributed by atoms with Gasteiger partial charge in [0, 0.05) is 0 Å². The fourth-order valence-corrected chi connectivity index (χ4v) is 3.35. The summed E-state index contributed by atoms with van der Waals surface area (Å²) in [5, 5.41) is 0. The van der Waals surface area contributed by atoms with Gasteiger partial charge in [-0.3, -0.25) is 0 Å². The van der Waals surface area contributed by atoms with Crippen LogP contribution >= 0.6 is 0 Å². The van der Waals surface area contributed by atoms with Crippen LogP contribution < -0.4 is 4.98 Å². The van der Waals surface area contributed by atoms with E-state index in [0.717, 1.165) is 0 Å². The van der Waals surface area contributed by atoms with Gasteiger partial charge in [0.15, 0.2) is 0 Å². The van der Waals surface area contributed by atoms with Gasteiger partial charge >= 0.3 is 0 Å². The Hall–Kier alpha value is -0.603. The standard InChI is InChI=1S/C11H19NSi/c1-4-13(3,12-2)10-11-8-6-5-7-9-11/h5-9,12H,4,10H2,1-3H3. The van der Waals surface area contributed by atoms with Gasteiger partial charge in [-0.2, -0.15) is 0 Å². The molecule has 2 heteroatoms. The molecule has 0 saturated carbocycles. The molecule has 1 aromatic carbocycles. The highest BCUT2D eigenvalue weighted by atomic mass is 28.3. The predicted octanol–water partition coefficient (Wildman–Crippen LogP) is 2.58. The molecule has 1 nitrogen and oxygen atoms in total. The first kappa shape index (κ1) is 10.5. The molecule has 0 aliphatic heterocycles. The Bertz CT molecular complexity index is 242. The zero-order chi connectivity index (χ0) is 9.73. The highest BCUT2D eigenvalue weighted by molar-refractivity contribution is 6.75. The van der Waals surface area contributed by atoms with E-state index in [0.29, 0.717) is 0 Å².